The number of unbranched alkanes of at least 4 members (excludes halogenated alkanes) is 7. The highest BCUT2D eigenvalue weighted by atomic mass is 16.4. The summed E-state index contributed by atoms with van der Waals surface area (Å²) < 4.78 is 0. The van der Waals surface area contributed by atoms with Gasteiger partial charge in [-0.2, -0.15) is 0 Å². The second-order valence-corrected chi connectivity index (χ2v) is 5.29. The van der Waals surface area contributed by atoms with Gasteiger partial charge in [-0.25, -0.2) is 4.79 Å². The van der Waals surface area contributed by atoms with Crippen LogP contribution in [-0.4, -0.2) is 23.5 Å². The molecule has 0 aromatic carbocycles. The van der Waals surface area contributed by atoms with Crippen LogP contribution in [0.15, 0.2) is 11.1 Å². The van der Waals surface area contributed by atoms with Gasteiger partial charge in [0.25, 0.3) is 0 Å². The Morgan fingerprint density at radius 3 is 1.85 bits per heavy atom. The van der Waals surface area contributed by atoms with E-state index in [1.165, 1.54) is 45.4 Å². The van der Waals surface area contributed by atoms with Gasteiger partial charge in [0.1, 0.15) is 0 Å². The first-order chi connectivity index (χ1) is 9.50. The first-order valence-corrected chi connectivity index (χ1v) is 7.69. The van der Waals surface area contributed by atoms with Crippen molar-refractivity contribution >= 4 is 11.9 Å². The van der Waals surface area contributed by atoms with Gasteiger partial charge in [0, 0.05) is 17.7 Å². The number of carbonyl (C=O) groups is 2. The molecule has 0 bridgehead atoms. The molecule has 4 heteroatoms. The quantitative estimate of drug-likeness (QED) is 0.449. The predicted octanol–water partition coefficient (Wildman–Crippen LogP) is 3.66. The molecule has 0 aromatic rings. The van der Waals surface area contributed by atoms with E-state index in [1.54, 1.807) is 6.92 Å². The van der Waals surface area contributed by atoms with Crippen molar-refractivity contribution < 1.29 is 14.7 Å². The molecule has 0 aliphatic rings. The molecule has 0 spiro atoms. The van der Waals surface area contributed by atoms with E-state index in [0.717, 1.165) is 12.8 Å². The molecule has 4 nitrogen and oxygen atoms in total. The van der Waals surface area contributed by atoms with E-state index in [2.05, 4.69) is 12.2 Å². The normalized spacial score (nSPS) is 11.9. The molecule has 1 amide bonds. The lowest BCUT2D eigenvalue weighted by molar-refractivity contribution is -0.133. The van der Waals surface area contributed by atoms with Crippen molar-refractivity contribution in [1.82, 2.24) is 5.32 Å². The standard InChI is InChI=1S/C16H29NO3/c1-4-5-6-7-8-9-10-11-12-17-15(18)13(2)14(3)16(19)20/h4-12H2,1-3H3,(H,17,18)(H,19,20). The van der Waals surface area contributed by atoms with Gasteiger partial charge in [-0.3, -0.25) is 4.79 Å². The molecule has 0 fully saturated rings. The van der Waals surface area contributed by atoms with E-state index >= 15 is 0 Å². The number of carboxylic acid groups (broad SMARTS) is 1. The number of hydrogen-bond acceptors (Lipinski definition) is 2. The van der Waals surface area contributed by atoms with Gasteiger partial charge in [-0.1, -0.05) is 51.9 Å². The van der Waals surface area contributed by atoms with Gasteiger partial charge in [0.2, 0.25) is 5.91 Å². The summed E-state index contributed by atoms with van der Waals surface area (Å²) in [5.41, 5.74) is 0.399. The molecule has 0 heterocycles. The largest absolute Gasteiger partial charge is 0.478 e. The lowest BCUT2D eigenvalue weighted by atomic mass is 10.1. The number of carboxylic acids is 1. The maximum atomic E-state index is 11.7. The molecule has 0 saturated carbocycles. The zero-order valence-electron chi connectivity index (χ0n) is 13.1. The third-order valence-corrected chi connectivity index (χ3v) is 3.54. The summed E-state index contributed by atoms with van der Waals surface area (Å²) >= 11 is 0. The van der Waals surface area contributed by atoms with Crippen molar-refractivity contribution in [3.05, 3.63) is 11.1 Å². The highest BCUT2D eigenvalue weighted by Gasteiger charge is 2.11. The third kappa shape index (κ3) is 8.73. The molecule has 0 atom stereocenters. The minimum atomic E-state index is -1.04. The number of nitrogens with one attached hydrogen (secondary N) is 1. The fourth-order valence-corrected chi connectivity index (χ4v) is 1.92. The van der Waals surface area contributed by atoms with Crippen LogP contribution in [0.25, 0.3) is 0 Å². The van der Waals surface area contributed by atoms with Crippen LogP contribution in [0, 0.1) is 0 Å². The van der Waals surface area contributed by atoms with E-state index in [1.807, 2.05) is 0 Å². The van der Waals surface area contributed by atoms with Gasteiger partial charge in [-0.15, -0.1) is 0 Å². The zero-order chi connectivity index (χ0) is 15.4. The lowest BCUT2D eigenvalue weighted by Crippen LogP contribution is -2.26. The molecule has 0 saturated heterocycles. The van der Waals surface area contributed by atoms with Crippen molar-refractivity contribution in [2.45, 2.75) is 72.1 Å². The van der Waals surface area contributed by atoms with Crippen molar-refractivity contribution in [3.63, 3.8) is 0 Å². The molecular formula is C16H29NO3. The van der Waals surface area contributed by atoms with Crippen molar-refractivity contribution in [1.29, 1.82) is 0 Å². The second-order valence-electron chi connectivity index (χ2n) is 5.29. The summed E-state index contributed by atoms with van der Waals surface area (Å²) in [6, 6.07) is 0. The minimum Gasteiger partial charge on any atom is -0.478 e. The Labute approximate surface area is 122 Å². The molecule has 0 aromatic heterocycles. The average molecular weight is 283 g/mol. The topological polar surface area (TPSA) is 66.4 Å². The molecule has 0 rings (SSSR count). The summed E-state index contributed by atoms with van der Waals surface area (Å²) in [6.45, 7) is 5.84. The lowest BCUT2D eigenvalue weighted by Gasteiger charge is -2.07. The Morgan fingerprint density at radius 1 is 0.850 bits per heavy atom. The first-order valence-electron chi connectivity index (χ1n) is 7.69. The third-order valence-electron chi connectivity index (χ3n) is 3.54. The summed E-state index contributed by atoms with van der Waals surface area (Å²) in [7, 11) is 0. The van der Waals surface area contributed by atoms with Crippen LogP contribution < -0.4 is 5.32 Å². The molecule has 0 aliphatic heterocycles. The number of carbonyl (C=O) groups excluding carboxylic acids is 1. The average Bonchev–Trinajstić information content (AvgIpc) is 2.43. The number of rotatable bonds is 11. The van der Waals surface area contributed by atoms with Crippen molar-refractivity contribution in [2.75, 3.05) is 6.54 Å². The van der Waals surface area contributed by atoms with E-state index in [0.29, 0.717) is 6.54 Å². The predicted molar refractivity (Wildman–Crippen MR) is 81.6 cm³/mol. The fraction of sp³-hybridized carbons (Fsp3) is 0.750. The number of amides is 1. The second kappa shape index (κ2) is 11.5. The molecule has 2 N–H and O–H groups in total. The minimum absolute atomic E-state index is 0.110. The Hall–Kier alpha value is -1.32. The summed E-state index contributed by atoms with van der Waals surface area (Å²) in [6.07, 6.45) is 9.78. The SMILES string of the molecule is CCCCCCCCCCNC(=O)C(C)=C(C)C(=O)O. The van der Waals surface area contributed by atoms with Gasteiger partial charge in [0.05, 0.1) is 0 Å². The van der Waals surface area contributed by atoms with Crippen molar-refractivity contribution in [2.24, 2.45) is 0 Å². The first kappa shape index (κ1) is 18.7. The van der Waals surface area contributed by atoms with E-state index in [-0.39, 0.29) is 17.1 Å². The van der Waals surface area contributed by atoms with Crippen LogP contribution in [-0.2, 0) is 9.59 Å². The fourth-order valence-electron chi connectivity index (χ4n) is 1.92. The van der Waals surface area contributed by atoms with Crippen LogP contribution in [0.3, 0.4) is 0 Å². The van der Waals surface area contributed by atoms with Gasteiger partial charge >= 0.3 is 5.97 Å². The van der Waals surface area contributed by atoms with E-state index in [4.69, 9.17) is 5.11 Å². The highest BCUT2D eigenvalue weighted by molar-refractivity contribution is 6.01. The zero-order valence-corrected chi connectivity index (χ0v) is 13.1. The molecule has 0 aliphatic carbocycles. The van der Waals surface area contributed by atoms with Crippen LogP contribution in [0.1, 0.15) is 72.1 Å². The van der Waals surface area contributed by atoms with Crippen LogP contribution in [0.2, 0.25) is 0 Å². The highest BCUT2D eigenvalue weighted by Crippen LogP contribution is 2.08. The molecular weight excluding hydrogens is 254 g/mol. The molecule has 0 radical (unpaired) electrons. The maximum Gasteiger partial charge on any atom is 0.331 e. The summed E-state index contributed by atoms with van der Waals surface area (Å²) in [5.74, 6) is -1.31. The van der Waals surface area contributed by atoms with Crippen LogP contribution >= 0.6 is 0 Å². The monoisotopic (exact) mass is 283 g/mol. The maximum absolute atomic E-state index is 11.7. The van der Waals surface area contributed by atoms with Gasteiger partial charge in [-0.05, 0) is 20.3 Å². The smallest absolute Gasteiger partial charge is 0.331 e. The van der Waals surface area contributed by atoms with Gasteiger partial charge < -0.3 is 10.4 Å². The Morgan fingerprint density at radius 2 is 1.35 bits per heavy atom. The Balaban J connectivity index is 3.63. The molecule has 116 valence electrons. The van der Waals surface area contributed by atoms with E-state index in [9.17, 15) is 9.59 Å². The number of hydrogen-bond donors (Lipinski definition) is 2. The van der Waals surface area contributed by atoms with Crippen molar-refractivity contribution in [3.8, 4) is 0 Å². The van der Waals surface area contributed by atoms with E-state index < -0.39 is 5.97 Å². The number of aliphatic carboxylic acids is 1. The van der Waals surface area contributed by atoms with Gasteiger partial charge in [0.15, 0.2) is 0 Å². The molecule has 0 unspecified atom stereocenters. The van der Waals surface area contributed by atoms with Crippen LogP contribution in [0.4, 0.5) is 0 Å². The van der Waals surface area contributed by atoms with Crippen LogP contribution in [0.5, 0.6) is 0 Å². The Bertz CT molecular complexity index is 335. The molecule has 20 heavy (non-hydrogen) atoms. The summed E-state index contributed by atoms with van der Waals surface area (Å²) in [5, 5.41) is 11.6. The Kier molecular flexibility index (Phi) is 10.7. The summed E-state index contributed by atoms with van der Waals surface area (Å²) in [4.78, 5) is 22.4.